The van der Waals surface area contributed by atoms with Gasteiger partial charge in [-0.25, -0.2) is 4.79 Å². The van der Waals surface area contributed by atoms with E-state index < -0.39 is 0 Å². The maximum absolute atomic E-state index is 11.2. The number of nitrogens with one attached hydrogen (secondary N) is 1. The lowest BCUT2D eigenvalue weighted by molar-refractivity contribution is 0.0439. The second kappa shape index (κ2) is 7.59. The summed E-state index contributed by atoms with van der Waals surface area (Å²) in [6.07, 6.45) is 2.73. The SMILES string of the molecule is C=[S+]CCCNC(=O)OCC1CCCO1. The first kappa shape index (κ1) is 12.4. The Bertz CT molecular complexity index is 205. The highest BCUT2D eigenvalue weighted by Gasteiger charge is 2.17. The molecular weight excluding hydrogens is 214 g/mol. The van der Waals surface area contributed by atoms with Crippen LogP contribution in [-0.4, -0.2) is 43.6 Å². The minimum atomic E-state index is -0.348. The van der Waals surface area contributed by atoms with Crippen molar-refractivity contribution in [3.8, 4) is 0 Å². The van der Waals surface area contributed by atoms with Gasteiger partial charge in [-0.05, 0) is 12.8 Å². The number of rotatable bonds is 6. The molecule has 0 saturated carbocycles. The van der Waals surface area contributed by atoms with Crippen LogP contribution in [0.2, 0.25) is 0 Å². The van der Waals surface area contributed by atoms with Gasteiger partial charge in [0.05, 0.1) is 6.10 Å². The highest BCUT2D eigenvalue weighted by molar-refractivity contribution is 7.76. The highest BCUT2D eigenvalue weighted by atomic mass is 32.1. The van der Waals surface area contributed by atoms with Crippen LogP contribution in [0.3, 0.4) is 0 Å². The van der Waals surface area contributed by atoms with Crippen LogP contribution in [0.25, 0.3) is 0 Å². The third-order valence-corrected chi connectivity index (χ3v) is 2.74. The van der Waals surface area contributed by atoms with Crippen molar-refractivity contribution in [1.29, 1.82) is 0 Å². The Kier molecular flexibility index (Phi) is 6.27. The lowest BCUT2D eigenvalue weighted by Crippen LogP contribution is -2.28. The van der Waals surface area contributed by atoms with Crippen LogP contribution in [0.4, 0.5) is 4.79 Å². The molecule has 5 heteroatoms. The number of hydrogen-bond donors (Lipinski definition) is 1. The molecule has 86 valence electrons. The molecule has 1 N–H and O–H groups in total. The fourth-order valence-electron chi connectivity index (χ4n) is 1.36. The fraction of sp³-hybridized carbons (Fsp3) is 0.800. The van der Waals surface area contributed by atoms with Gasteiger partial charge in [0.15, 0.2) is 23.0 Å². The minimum absolute atomic E-state index is 0.103. The number of hydrogen-bond acceptors (Lipinski definition) is 3. The zero-order chi connectivity index (χ0) is 10.9. The van der Waals surface area contributed by atoms with Crippen molar-refractivity contribution in [2.45, 2.75) is 25.4 Å². The molecule has 15 heavy (non-hydrogen) atoms. The quantitative estimate of drug-likeness (QED) is 0.418. The van der Waals surface area contributed by atoms with E-state index in [2.05, 4.69) is 11.2 Å². The summed E-state index contributed by atoms with van der Waals surface area (Å²) in [4.78, 5) is 11.2. The van der Waals surface area contributed by atoms with Crippen molar-refractivity contribution in [3.05, 3.63) is 0 Å². The van der Waals surface area contributed by atoms with E-state index in [1.165, 1.54) is 11.4 Å². The number of alkyl carbamates (subject to hydrolysis) is 1. The molecule has 1 fully saturated rings. The van der Waals surface area contributed by atoms with E-state index in [0.717, 1.165) is 31.6 Å². The molecule has 1 aliphatic rings. The molecule has 4 nitrogen and oxygen atoms in total. The zero-order valence-electron chi connectivity index (χ0n) is 8.87. The van der Waals surface area contributed by atoms with Crippen LogP contribution < -0.4 is 5.32 Å². The molecule has 1 amide bonds. The monoisotopic (exact) mass is 232 g/mol. The summed E-state index contributed by atoms with van der Waals surface area (Å²) in [5.74, 6) is 4.60. The summed E-state index contributed by atoms with van der Waals surface area (Å²) in [5.41, 5.74) is 0. The number of carbonyl (C=O) groups excluding carboxylic acids is 1. The molecule has 0 spiro atoms. The summed E-state index contributed by atoms with van der Waals surface area (Å²) in [6, 6.07) is 0. The summed E-state index contributed by atoms with van der Waals surface area (Å²) >= 11 is 1.52. The third kappa shape index (κ3) is 5.69. The molecule has 0 aromatic carbocycles. The molecule has 1 atom stereocenters. The molecule has 0 aromatic rings. The number of amides is 1. The lowest BCUT2D eigenvalue weighted by Gasteiger charge is -2.10. The summed E-state index contributed by atoms with van der Waals surface area (Å²) in [6.45, 7) is 1.80. The average molecular weight is 232 g/mol. The molecule has 0 radical (unpaired) electrons. The van der Waals surface area contributed by atoms with Crippen molar-refractivity contribution >= 4 is 23.3 Å². The first-order valence-corrected chi connectivity index (χ1v) is 6.37. The molecule has 1 aliphatic heterocycles. The van der Waals surface area contributed by atoms with Gasteiger partial charge in [-0.15, -0.1) is 0 Å². The Labute approximate surface area is 94.3 Å². The molecule has 0 bridgehead atoms. The number of ether oxygens (including phenoxy) is 2. The van der Waals surface area contributed by atoms with E-state index in [1.807, 2.05) is 0 Å². The predicted molar refractivity (Wildman–Crippen MR) is 62.3 cm³/mol. The Balaban J connectivity index is 1.95. The fourth-order valence-corrected chi connectivity index (χ4v) is 1.71. The van der Waals surface area contributed by atoms with Crippen LogP contribution in [-0.2, 0) is 20.8 Å². The molecular formula is C10H18NO3S+. The maximum Gasteiger partial charge on any atom is 0.407 e. The second-order valence-corrected chi connectivity index (χ2v) is 4.24. The smallest absolute Gasteiger partial charge is 0.407 e. The van der Waals surface area contributed by atoms with E-state index in [0.29, 0.717) is 13.2 Å². The Hall–Kier alpha value is -0.680. The van der Waals surface area contributed by atoms with E-state index in [1.54, 1.807) is 0 Å². The number of carbonyl (C=O) groups is 1. The molecule has 0 aliphatic carbocycles. The van der Waals surface area contributed by atoms with Crippen LogP contribution >= 0.6 is 0 Å². The zero-order valence-corrected chi connectivity index (χ0v) is 9.68. The first-order valence-electron chi connectivity index (χ1n) is 5.22. The summed E-state index contributed by atoms with van der Waals surface area (Å²) in [7, 11) is 0. The summed E-state index contributed by atoms with van der Waals surface area (Å²) in [5, 5.41) is 2.68. The Morgan fingerprint density at radius 2 is 2.53 bits per heavy atom. The van der Waals surface area contributed by atoms with Gasteiger partial charge in [-0.3, -0.25) is 0 Å². The molecule has 1 unspecified atom stereocenters. The van der Waals surface area contributed by atoms with Crippen molar-refractivity contribution in [2.24, 2.45) is 0 Å². The minimum Gasteiger partial charge on any atom is -0.447 e. The standard InChI is InChI=1S/C10H17NO3S/c1-15-7-3-5-11-10(12)14-8-9-4-2-6-13-9/h9H,1-8H2/p+1. The largest absolute Gasteiger partial charge is 0.447 e. The highest BCUT2D eigenvalue weighted by Crippen LogP contribution is 2.11. The predicted octanol–water partition coefficient (Wildman–Crippen LogP) is 0.796. The van der Waals surface area contributed by atoms with Gasteiger partial charge in [0, 0.05) is 19.6 Å². The lowest BCUT2D eigenvalue weighted by atomic mass is 10.2. The van der Waals surface area contributed by atoms with Gasteiger partial charge in [0.1, 0.15) is 6.61 Å². The average Bonchev–Trinajstić information content (AvgIpc) is 2.74. The maximum atomic E-state index is 11.2. The first-order chi connectivity index (χ1) is 7.33. The van der Waals surface area contributed by atoms with E-state index in [9.17, 15) is 4.79 Å². The van der Waals surface area contributed by atoms with Crippen LogP contribution in [0.5, 0.6) is 0 Å². The van der Waals surface area contributed by atoms with Crippen molar-refractivity contribution < 1.29 is 14.3 Å². The van der Waals surface area contributed by atoms with Crippen LogP contribution in [0, 0.1) is 0 Å². The second-order valence-electron chi connectivity index (χ2n) is 3.42. The van der Waals surface area contributed by atoms with Crippen molar-refractivity contribution in [1.82, 2.24) is 5.32 Å². The Morgan fingerprint density at radius 3 is 3.20 bits per heavy atom. The topological polar surface area (TPSA) is 47.6 Å². The van der Waals surface area contributed by atoms with Gasteiger partial charge >= 0.3 is 6.09 Å². The van der Waals surface area contributed by atoms with Gasteiger partial charge in [0.2, 0.25) is 0 Å². The van der Waals surface area contributed by atoms with Gasteiger partial charge < -0.3 is 14.8 Å². The molecule has 1 saturated heterocycles. The van der Waals surface area contributed by atoms with Crippen LogP contribution in [0.15, 0.2) is 0 Å². The normalized spacial score (nSPS) is 19.9. The van der Waals surface area contributed by atoms with E-state index in [-0.39, 0.29) is 12.2 Å². The van der Waals surface area contributed by atoms with E-state index >= 15 is 0 Å². The van der Waals surface area contributed by atoms with Gasteiger partial charge in [-0.2, -0.15) is 0 Å². The van der Waals surface area contributed by atoms with Gasteiger partial charge in [0.25, 0.3) is 0 Å². The summed E-state index contributed by atoms with van der Waals surface area (Å²) < 4.78 is 10.3. The van der Waals surface area contributed by atoms with Crippen LogP contribution in [0.1, 0.15) is 19.3 Å². The van der Waals surface area contributed by atoms with Crippen molar-refractivity contribution in [3.63, 3.8) is 0 Å². The van der Waals surface area contributed by atoms with E-state index in [4.69, 9.17) is 9.47 Å². The van der Waals surface area contributed by atoms with Gasteiger partial charge in [-0.1, -0.05) is 0 Å². The molecule has 0 aromatic heterocycles. The Morgan fingerprint density at radius 1 is 1.67 bits per heavy atom. The molecule has 1 rings (SSSR count). The third-order valence-electron chi connectivity index (χ3n) is 2.16. The molecule has 1 heterocycles. The van der Waals surface area contributed by atoms with Crippen molar-refractivity contribution in [2.75, 3.05) is 25.5 Å².